The van der Waals surface area contributed by atoms with E-state index in [1.807, 2.05) is 24.3 Å². The Labute approximate surface area is 102 Å². The van der Waals surface area contributed by atoms with E-state index in [-0.39, 0.29) is 0 Å². The molecule has 1 aliphatic carbocycles. The molecule has 0 saturated heterocycles. The molecule has 0 amide bonds. The Bertz CT molecular complexity index is 418. The van der Waals surface area contributed by atoms with Crippen molar-refractivity contribution in [2.24, 2.45) is 5.41 Å². The Balaban J connectivity index is 1.92. The summed E-state index contributed by atoms with van der Waals surface area (Å²) in [6.45, 7) is 1.76. The molecule has 0 aromatic heterocycles. The number of rotatable bonds is 6. The monoisotopic (exact) mass is 230 g/mol. The van der Waals surface area contributed by atoms with E-state index in [0.717, 1.165) is 30.8 Å². The normalized spacial score (nSPS) is 16.2. The van der Waals surface area contributed by atoms with E-state index >= 15 is 0 Å². The van der Waals surface area contributed by atoms with Crippen LogP contribution < -0.4 is 5.32 Å². The predicted octanol–water partition coefficient (Wildman–Crippen LogP) is 2.79. The fourth-order valence-electron chi connectivity index (χ4n) is 2.03. The van der Waals surface area contributed by atoms with Crippen molar-refractivity contribution >= 4 is 5.69 Å². The molecule has 1 aromatic rings. The van der Waals surface area contributed by atoms with E-state index in [0.29, 0.717) is 5.41 Å². The first kappa shape index (κ1) is 11.9. The Kier molecular flexibility index (Phi) is 3.65. The average Bonchev–Trinajstić information content (AvgIpc) is 3.15. The summed E-state index contributed by atoms with van der Waals surface area (Å²) in [5.41, 5.74) is 2.06. The van der Waals surface area contributed by atoms with Crippen molar-refractivity contribution in [3.63, 3.8) is 0 Å². The van der Waals surface area contributed by atoms with Crippen molar-refractivity contribution in [3.05, 3.63) is 29.8 Å². The Hall–Kier alpha value is -1.53. The van der Waals surface area contributed by atoms with Gasteiger partial charge < -0.3 is 10.1 Å². The molecule has 1 aromatic carbocycles. The number of para-hydroxylation sites is 1. The van der Waals surface area contributed by atoms with Gasteiger partial charge >= 0.3 is 0 Å². The zero-order chi connectivity index (χ0) is 12.1. The molecule has 17 heavy (non-hydrogen) atoms. The second-order valence-electron chi connectivity index (χ2n) is 4.75. The number of anilines is 1. The lowest BCUT2D eigenvalue weighted by molar-refractivity contribution is 0.175. The van der Waals surface area contributed by atoms with E-state index in [1.54, 1.807) is 7.11 Å². The van der Waals surface area contributed by atoms with E-state index < -0.39 is 0 Å². The van der Waals surface area contributed by atoms with Crippen LogP contribution in [0.15, 0.2) is 24.3 Å². The minimum Gasteiger partial charge on any atom is -0.385 e. The van der Waals surface area contributed by atoms with Crippen LogP contribution in [-0.2, 0) is 4.74 Å². The number of benzene rings is 1. The highest BCUT2D eigenvalue weighted by atomic mass is 16.5. The van der Waals surface area contributed by atoms with E-state index in [9.17, 15) is 0 Å². The van der Waals surface area contributed by atoms with Gasteiger partial charge in [-0.25, -0.2) is 0 Å². The molecule has 1 aliphatic rings. The molecule has 3 nitrogen and oxygen atoms in total. The highest BCUT2D eigenvalue weighted by Gasteiger charge is 2.41. The number of hydrogen-bond acceptors (Lipinski definition) is 3. The van der Waals surface area contributed by atoms with Gasteiger partial charge in [0.25, 0.3) is 0 Å². The molecule has 0 bridgehead atoms. The van der Waals surface area contributed by atoms with Crippen LogP contribution in [0.2, 0.25) is 0 Å². The van der Waals surface area contributed by atoms with E-state index in [2.05, 4.69) is 11.4 Å². The zero-order valence-electron chi connectivity index (χ0n) is 10.2. The molecule has 0 spiro atoms. The summed E-state index contributed by atoms with van der Waals surface area (Å²) in [5.74, 6) is 0. The van der Waals surface area contributed by atoms with Crippen molar-refractivity contribution in [1.29, 1.82) is 5.26 Å². The molecule has 0 radical (unpaired) electrons. The largest absolute Gasteiger partial charge is 0.385 e. The van der Waals surface area contributed by atoms with Crippen molar-refractivity contribution < 1.29 is 4.74 Å². The summed E-state index contributed by atoms with van der Waals surface area (Å²) in [7, 11) is 1.74. The quantitative estimate of drug-likeness (QED) is 0.817. The smallest absolute Gasteiger partial charge is 0.101 e. The Morgan fingerprint density at radius 2 is 2.18 bits per heavy atom. The molecule has 1 saturated carbocycles. The second kappa shape index (κ2) is 5.20. The number of nitrogens with one attached hydrogen (secondary N) is 1. The molecule has 1 fully saturated rings. The Morgan fingerprint density at radius 1 is 1.41 bits per heavy atom. The van der Waals surface area contributed by atoms with Gasteiger partial charge in [-0.15, -0.1) is 0 Å². The summed E-state index contributed by atoms with van der Waals surface area (Å²) in [6, 6.07) is 9.86. The molecule has 0 heterocycles. The zero-order valence-corrected chi connectivity index (χ0v) is 10.2. The third kappa shape index (κ3) is 2.98. The van der Waals surface area contributed by atoms with Gasteiger partial charge in [-0.2, -0.15) is 5.26 Å². The van der Waals surface area contributed by atoms with Gasteiger partial charge in [0, 0.05) is 20.3 Å². The van der Waals surface area contributed by atoms with Gasteiger partial charge in [0.05, 0.1) is 11.3 Å². The van der Waals surface area contributed by atoms with Crippen LogP contribution >= 0.6 is 0 Å². The van der Waals surface area contributed by atoms with Gasteiger partial charge in [-0.05, 0) is 36.8 Å². The van der Waals surface area contributed by atoms with E-state index in [1.165, 1.54) is 12.8 Å². The Morgan fingerprint density at radius 3 is 2.82 bits per heavy atom. The van der Waals surface area contributed by atoms with Crippen LogP contribution in [-0.4, -0.2) is 20.3 Å². The number of hydrogen-bond donors (Lipinski definition) is 1. The van der Waals surface area contributed by atoms with Crippen LogP contribution in [0.3, 0.4) is 0 Å². The molecule has 0 unspecified atom stereocenters. The maximum atomic E-state index is 8.99. The van der Waals surface area contributed by atoms with Gasteiger partial charge in [0.15, 0.2) is 0 Å². The highest BCUT2D eigenvalue weighted by Crippen LogP contribution is 2.48. The SMILES string of the molecule is COCCC1(CNc2ccccc2C#N)CC1. The lowest BCUT2D eigenvalue weighted by Gasteiger charge is -2.16. The van der Waals surface area contributed by atoms with Gasteiger partial charge in [-0.1, -0.05) is 12.1 Å². The number of ether oxygens (including phenoxy) is 1. The minimum atomic E-state index is 0.401. The summed E-state index contributed by atoms with van der Waals surface area (Å²) < 4.78 is 5.13. The topological polar surface area (TPSA) is 45.0 Å². The van der Waals surface area contributed by atoms with Crippen LogP contribution in [0.5, 0.6) is 0 Å². The maximum Gasteiger partial charge on any atom is 0.101 e. The molecule has 90 valence electrons. The standard InChI is InChI=1S/C14H18N2O/c1-17-9-8-14(6-7-14)11-16-13-5-3-2-4-12(13)10-15/h2-5,16H,6-9,11H2,1H3. The fourth-order valence-corrected chi connectivity index (χ4v) is 2.03. The van der Waals surface area contributed by atoms with Crippen LogP contribution in [0, 0.1) is 16.7 Å². The molecule has 2 rings (SSSR count). The summed E-state index contributed by atoms with van der Waals surface area (Å²) in [4.78, 5) is 0. The van der Waals surface area contributed by atoms with Gasteiger partial charge in [0.1, 0.15) is 6.07 Å². The summed E-state index contributed by atoms with van der Waals surface area (Å²) in [6.07, 6.45) is 3.63. The fraction of sp³-hybridized carbons (Fsp3) is 0.500. The number of nitriles is 1. The average molecular weight is 230 g/mol. The first-order chi connectivity index (χ1) is 8.29. The number of methoxy groups -OCH3 is 1. The molecular weight excluding hydrogens is 212 g/mol. The van der Waals surface area contributed by atoms with Crippen molar-refractivity contribution in [3.8, 4) is 6.07 Å². The molecular formula is C14H18N2O. The van der Waals surface area contributed by atoms with Gasteiger partial charge in [-0.3, -0.25) is 0 Å². The van der Waals surface area contributed by atoms with Crippen LogP contribution in [0.1, 0.15) is 24.8 Å². The number of nitrogens with zero attached hydrogens (tertiary/aromatic N) is 1. The van der Waals surface area contributed by atoms with E-state index in [4.69, 9.17) is 10.00 Å². The van der Waals surface area contributed by atoms with Crippen LogP contribution in [0.4, 0.5) is 5.69 Å². The summed E-state index contributed by atoms with van der Waals surface area (Å²) >= 11 is 0. The van der Waals surface area contributed by atoms with Crippen LogP contribution in [0.25, 0.3) is 0 Å². The minimum absolute atomic E-state index is 0.401. The summed E-state index contributed by atoms with van der Waals surface area (Å²) in [5, 5.41) is 12.4. The molecule has 3 heteroatoms. The predicted molar refractivity (Wildman–Crippen MR) is 67.8 cm³/mol. The molecule has 1 N–H and O–H groups in total. The first-order valence-electron chi connectivity index (χ1n) is 6.02. The van der Waals surface area contributed by atoms with Crippen molar-refractivity contribution in [1.82, 2.24) is 0 Å². The first-order valence-corrected chi connectivity index (χ1v) is 6.02. The maximum absolute atomic E-state index is 8.99. The third-order valence-electron chi connectivity index (χ3n) is 3.49. The van der Waals surface area contributed by atoms with Gasteiger partial charge in [0.2, 0.25) is 0 Å². The third-order valence-corrected chi connectivity index (χ3v) is 3.49. The molecule has 0 aliphatic heterocycles. The molecule has 0 atom stereocenters. The highest BCUT2D eigenvalue weighted by molar-refractivity contribution is 5.57. The second-order valence-corrected chi connectivity index (χ2v) is 4.75. The van der Waals surface area contributed by atoms with Crippen molar-refractivity contribution in [2.75, 3.05) is 25.6 Å². The van der Waals surface area contributed by atoms with Crippen molar-refractivity contribution in [2.45, 2.75) is 19.3 Å². The lowest BCUT2D eigenvalue weighted by atomic mass is 10.0. The lowest BCUT2D eigenvalue weighted by Crippen LogP contribution is -2.17.